The normalized spacial score (nSPS) is 15.7. The summed E-state index contributed by atoms with van der Waals surface area (Å²) in [7, 11) is 0. The van der Waals surface area contributed by atoms with Crippen LogP contribution in [0.4, 0.5) is 11.4 Å². The lowest BCUT2D eigenvalue weighted by molar-refractivity contribution is -0.384. The van der Waals surface area contributed by atoms with Crippen molar-refractivity contribution < 1.29 is 9.72 Å². The highest BCUT2D eigenvalue weighted by atomic mass is 16.6. The SMILES string of the molecule is NNc1ccc([N+](=O)[O-])cc1C(=O)NC1CCCCC1. The quantitative estimate of drug-likeness (QED) is 0.443. The lowest BCUT2D eigenvalue weighted by Crippen LogP contribution is -2.36. The van der Waals surface area contributed by atoms with Crippen LogP contribution < -0.4 is 16.6 Å². The highest BCUT2D eigenvalue weighted by Gasteiger charge is 2.20. The topological polar surface area (TPSA) is 110 Å². The van der Waals surface area contributed by atoms with Gasteiger partial charge in [0, 0.05) is 18.2 Å². The van der Waals surface area contributed by atoms with Crippen LogP contribution in [0.3, 0.4) is 0 Å². The Balaban J connectivity index is 2.18. The zero-order valence-electron chi connectivity index (χ0n) is 11.1. The van der Waals surface area contributed by atoms with Crippen molar-refractivity contribution >= 4 is 17.3 Å². The molecule has 0 aliphatic heterocycles. The summed E-state index contributed by atoms with van der Waals surface area (Å²) in [5.41, 5.74) is 2.85. The second kappa shape index (κ2) is 6.33. The molecule has 0 atom stereocenters. The molecule has 20 heavy (non-hydrogen) atoms. The molecular weight excluding hydrogens is 260 g/mol. The molecule has 0 aromatic heterocycles. The molecule has 0 spiro atoms. The Morgan fingerprint density at radius 1 is 1.30 bits per heavy atom. The van der Waals surface area contributed by atoms with Gasteiger partial charge in [0.15, 0.2) is 0 Å². The first-order valence-corrected chi connectivity index (χ1v) is 6.67. The number of hydrogen-bond donors (Lipinski definition) is 3. The first-order valence-electron chi connectivity index (χ1n) is 6.67. The second-order valence-corrected chi connectivity index (χ2v) is 4.94. The number of nitro benzene ring substituents is 1. The van der Waals surface area contributed by atoms with E-state index in [0.717, 1.165) is 25.7 Å². The number of nitrogens with one attached hydrogen (secondary N) is 2. The van der Waals surface area contributed by atoms with E-state index in [4.69, 9.17) is 5.84 Å². The summed E-state index contributed by atoms with van der Waals surface area (Å²) in [6, 6.07) is 4.13. The van der Waals surface area contributed by atoms with Crippen LogP contribution in [-0.4, -0.2) is 16.9 Å². The summed E-state index contributed by atoms with van der Waals surface area (Å²) < 4.78 is 0. The molecule has 1 fully saturated rings. The molecule has 0 heterocycles. The summed E-state index contributed by atoms with van der Waals surface area (Å²) in [4.78, 5) is 22.5. The summed E-state index contributed by atoms with van der Waals surface area (Å²) >= 11 is 0. The van der Waals surface area contributed by atoms with Gasteiger partial charge in [0.25, 0.3) is 11.6 Å². The van der Waals surface area contributed by atoms with Crippen molar-refractivity contribution in [3.8, 4) is 0 Å². The van der Waals surface area contributed by atoms with Crippen molar-refractivity contribution in [2.24, 2.45) is 5.84 Å². The van der Waals surface area contributed by atoms with Gasteiger partial charge in [-0.05, 0) is 18.9 Å². The Morgan fingerprint density at radius 3 is 2.60 bits per heavy atom. The molecule has 0 unspecified atom stereocenters. The van der Waals surface area contributed by atoms with Gasteiger partial charge in [-0.1, -0.05) is 19.3 Å². The minimum Gasteiger partial charge on any atom is -0.349 e. The molecule has 1 aliphatic carbocycles. The van der Waals surface area contributed by atoms with E-state index in [2.05, 4.69) is 10.7 Å². The Kier molecular flexibility index (Phi) is 4.52. The fourth-order valence-electron chi connectivity index (χ4n) is 2.47. The molecule has 2 rings (SSSR count). The smallest absolute Gasteiger partial charge is 0.270 e. The molecule has 108 valence electrons. The van der Waals surface area contributed by atoms with Crippen molar-refractivity contribution in [3.63, 3.8) is 0 Å². The van der Waals surface area contributed by atoms with Crippen molar-refractivity contribution in [1.82, 2.24) is 5.32 Å². The lowest BCUT2D eigenvalue weighted by atomic mass is 9.95. The van der Waals surface area contributed by atoms with Crippen molar-refractivity contribution in [1.29, 1.82) is 0 Å². The van der Waals surface area contributed by atoms with E-state index in [0.29, 0.717) is 5.69 Å². The van der Waals surface area contributed by atoms with Crippen LogP contribution in [-0.2, 0) is 0 Å². The van der Waals surface area contributed by atoms with Gasteiger partial charge in [-0.3, -0.25) is 20.8 Å². The summed E-state index contributed by atoms with van der Waals surface area (Å²) in [6.07, 6.45) is 5.29. The predicted molar refractivity (Wildman–Crippen MR) is 75.2 cm³/mol. The van der Waals surface area contributed by atoms with Gasteiger partial charge in [0.1, 0.15) is 0 Å². The highest BCUT2D eigenvalue weighted by Crippen LogP contribution is 2.23. The number of nitrogens with two attached hydrogens (primary N) is 1. The third-order valence-corrected chi connectivity index (χ3v) is 3.55. The maximum Gasteiger partial charge on any atom is 0.270 e. The minimum atomic E-state index is -0.530. The van der Waals surface area contributed by atoms with Gasteiger partial charge < -0.3 is 10.7 Å². The largest absolute Gasteiger partial charge is 0.349 e. The fourth-order valence-corrected chi connectivity index (χ4v) is 2.47. The number of non-ortho nitro benzene ring substituents is 1. The van der Waals surface area contributed by atoms with Crippen LogP contribution in [0.1, 0.15) is 42.5 Å². The maximum absolute atomic E-state index is 12.2. The van der Waals surface area contributed by atoms with Gasteiger partial charge in [0.2, 0.25) is 0 Å². The molecule has 0 radical (unpaired) electrons. The first-order chi connectivity index (χ1) is 9.61. The Labute approximate surface area is 116 Å². The molecule has 0 saturated heterocycles. The lowest BCUT2D eigenvalue weighted by Gasteiger charge is -2.23. The van der Waals surface area contributed by atoms with Crippen LogP contribution in [0.5, 0.6) is 0 Å². The van der Waals surface area contributed by atoms with Crippen LogP contribution in [0.25, 0.3) is 0 Å². The van der Waals surface area contributed by atoms with E-state index in [1.54, 1.807) is 0 Å². The summed E-state index contributed by atoms with van der Waals surface area (Å²) in [6.45, 7) is 0. The average molecular weight is 278 g/mol. The molecular formula is C13H18N4O3. The second-order valence-electron chi connectivity index (χ2n) is 4.94. The average Bonchev–Trinajstić information content (AvgIpc) is 2.47. The Bertz CT molecular complexity index is 512. The number of nitrogen functional groups attached to an aromatic ring is 1. The van der Waals surface area contributed by atoms with Crippen LogP contribution in [0, 0.1) is 10.1 Å². The number of nitro groups is 1. The Morgan fingerprint density at radius 2 is 2.00 bits per heavy atom. The molecule has 1 amide bonds. The van der Waals surface area contributed by atoms with E-state index >= 15 is 0 Å². The number of rotatable bonds is 4. The molecule has 1 saturated carbocycles. The predicted octanol–water partition coefficient (Wildman–Crippen LogP) is 1.94. The molecule has 7 nitrogen and oxygen atoms in total. The number of anilines is 1. The molecule has 4 N–H and O–H groups in total. The number of hydrogen-bond acceptors (Lipinski definition) is 5. The fraction of sp³-hybridized carbons (Fsp3) is 0.462. The van der Waals surface area contributed by atoms with E-state index in [-0.39, 0.29) is 23.2 Å². The van der Waals surface area contributed by atoms with Gasteiger partial charge >= 0.3 is 0 Å². The number of benzene rings is 1. The van der Waals surface area contributed by atoms with E-state index in [1.165, 1.54) is 24.6 Å². The standard InChI is InChI=1S/C13H18N4O3/c14-16-12-7-6-10(17(19)20)8-11(12)13(18)15-9-4-2-1-3-5-9/h6-9,16H,1-5,14H2,(H,15,18). The molecule has 7 heteroatoms. The van der Waals surface area contributed by atoms with Gasteiger partial charge in [0.05, 0.1) is 16.2 Å². The number of carbonyl (C=O) groups excluding carboxylic acids is 1. The Hall–Kier alpha value is -2.15. The molecule has 1 aromatic carbocycles. The zero-order valence-corrected chi connectivity index (χ0v) is 11.1. The molecule has 1 aliphatic rings. The van der Waals surface area contributed by atoms with Gasteiger partial charge in [-0.15, -0.1) is 0 Å². The maximum atomic E-state index is 12.2. The van der Waals surface area contributed by atoms with Crippen LogP contribution in [0.15, 0.2) is 18.2 Å². The third kappa shape index (κ3) is 3.24. The minimum absolute atomic E-state index is 0.127. The van der Waals surface area contributed by atoms with Crippen molar-refractivity contribution in [2.75, 3.05) is 5.43 Å². The third-order valence-electron chi connectivity index (χ3n) is 3.55. The highest BCUT2D eigenvalue weighted by molar-refractivity contribution is 6.00. The van der Waals surface area contributed by atoms with Crippen LogP contribution in [0.2, 0.25) is 0 Å². The van der Waals surface area contributed by atoms with E-state index < -0.39 is 4.92 Å². The number of nitrogens with zero attached hydrogens (tertiary/aromatic N) is 1. The summed E-state index contributed by atoms with van der Waals surface area (Å²) in [5.74, 6) is 5.02. The number of hydrazine groups is 1. The van der Waals surface area contributed by atoms with Crippen LogP contribution >= 0.6 is 0 Å². The zero-order chi connectivity index (χ0) is 14.5. The monoisotopic (exact) mass is 278 g/mol. The van der Waals surface area contributed by atoms with E-state index in [9.17, 15) is 14.9 Å². The number of carbonyl (C=O) groups is 1. The van der Waals surface area contributed by atoms with Gasteiger partial charge in [-0.25, -0.2) is 0 Å². The van der Waals surface area contributed by atoms with Gasteiger partial charge in [-0.2, -0.15) is 0 Å². The van der Waals surface area contributed by atoms with Crippen molar-refractivity contribution in [2.45, 2.75) is 38.1 Å². The first kappa shape index (κ1) is 14.3. The summed E-state index contributed by atoms with van der Waals surface area (Å²) in [5, 5.41) is 13.7. The van der Waals surface area contributed by atoms with Crippen molar-refractivity contribution in [3.05, 3.63) is 33.9 Å². The van der Waals surface area contributed by atoms with E-state index in [1.807, 2.05) is 0 Å². The number of amides is 1. The molecule has 0 bridgehead atoms. The molecule has 1 aromatic rings.